The quantitative estimate of drug-likeness (QED) is 0.898. The van der Waals surface area contributed by atoms with Gasteiger partial charge < -0.3 is 5.32 Å². The van der Waals surface area contributed by atoms with Crippen LogP contribution in [0.25, 0.3) is 5.65 Å². The first-order chi connectivity index (χ1) is 8.80. The van der Waals surface area contributed by atoms with E-state index >= 15 is 0 Å². The number of hydrogen-bond donors (Lipinski definition) is 1. The average molecular weight is 260 g/mol. The summed E-state index contributed by atoms with van der Waals surface area (Å²) >= 11 is 0. The monoisotopic (exact) mass is 260 g/mol. The fourth-order valence-corrected chi connectivity index (χ4v) is 1.95. The lowest BCUT2D eigenvalue weighted by Crippen LogP contribution is -2.34. The first kappa shape index (κ1) is 13.5. The summed E-state index contributed by atoms with van der Waals surface area (Å²) in [7, 11) is 0. The predicted octanol–water partition coefficient (Wildman–Crippen LogP) is 2.01. The normalized spacial score (nSPS) is 11.8. The molecule has 1 amide bonds. The molecule has 0 saturated carbocycles. The van der Waals surface area contributed by atoms with E-state index in [0.717, 1.165) is 22.7 Å². The molecular formula is C14H20N4O. The zero-order chi connectivity index (χ0) is 14.2. The van der Waals surface area contributed by atoms with Gasteiger partial charge in [-0.25, -0.2) is 9.97 Å². The van der Waals surface area contributed by atoms with Crippen LogP contribution in [0.5, 0.6) is 0 Å². The second kappa shape index (κ2) is 4.64. The molecule has 2 heterocycles. The van der Waals surface area contributed by atoms with E-state index in [2.05, 4.69) is 15.3 Å². The van der Waals surface area contributed by atoms with Gasteiger partial charge >= 0.3 is 0 Å². The Morgan fingerprint density at radius 1 is 1.37 bits per heavy atom. The van der Waals surface area contributed by atoms with Crippen molar-refractivity contribution in [3.8, 4) is 0 Å². The number of nitrogens with zero attached hydrogens (tertiary/aromatic N) is 3. The molecule has 5 heteroatoms. The Kier molecular flexibility index (Phi) is 3.30. The van der Waals surface area contributed by atoms with E-state index in [9.17, 15) is 4.79 Å². The largest absolute Gasteiger partial charge is 0.351 e. The van der Waals surface area contributed by atoms with E-state index in [0.29, 0.717) is 6.54 Å². The van der Waals surface area contributed by atoms with Gasteiger partial charge in [0.15, 0.2) is 0 Å². The van der Waals surface area contributed by atoms with E-state index in [1.807, 2.05) is 45.2 Å². The van der Waals surface area contributed by atoms with Gasteiger partial charge in [-0.05, 0) is 13.8 Å². The van der Waals surface area contributed by atoms with E-state index in [-0.39, 0.29) is 5.91 Å². The third-order valence-electron chi connectivity index (χ3n) is 3.13. The van der Waals surface area contributed by atoms with E-state index < -0.39 is 5.41 Å². The van der Waals surface area contributed by atoms with E-state index in [1.54, 1.807) is 6.20 Å². The van der Waals surface area contributed by atoms with Crippen LogP contribution in [0.1, 0.15) is 37.9 Å². The molecule has 0 spiro atoms. The van der Waals surface area contributed by atoms with Gasteiger partial charge in [0.25, 0.3) is 0 Å². The molecule has 0 saturated heterocycles. The minimum absolute atomic E-state index is 0.0252. The minimum atomic E-state index is -0.391. The summed E-state index contributed by atoms with van der Waals surface area (Å²) in [5.41, 5.74) is 2.34. The zero-order valence-electron chi connectivity index (χ0n) is 12.1. The van der Waals surface area contributed by atoms with Crippen molar-refractivity contribution in [2.45, 2.75) is 41.2 Å². The fourth-order valence-electron chi connectivity index (χ4n) is 1.95. The summed E-state index contributed by atoms with van der Waals surface area (Å²) in [6.07, 6.45) is 3.63. The SMILES string of the molecule is Cc1nc(C)n2ccnc2c1CNC(=O)C(C)(C)C. The second-order valence-corrected chi connectivity index (χ2v) is 5.78. The molecule has 0 bridgehead atoms. The maximum absolute atomic E-state index is 11.9. The van der Waals surface area contributed by atoms with Crippen molar-refractivity contribution in [2.75, 3.05) is 0 Å². The molecule has 0 aliphatic heterocycles. The summed E-state index contributed by atoms with van der Waals surface area (Å²) in [5, 5.41) is 2.95. The van der Waals surface area contributed by atoms with Crippen molar-refractivity contribution >= 4 is 11.6 Å². The van der Waals surface area contributed by atoms with Crippen molar-refractivity contribution in [3.63, 3.8) is 0 Å². The van der Waals surface area contributed by atoms with Crippen LogP contribution in [-0.2, 0) is 11.3 Å². The maximum Gasteiger partial charge on any atom is 0.225 e. The lowest BCUT2D eigenvalue weighted by Gasteiger charge is -2.18. The van der Waals surface area contributed by atoms with Crippen LogP contribution in [0.15, 0.2) is 12.4 Å². The highest BCUT2D eigenvalue weighted by Gasteiger charge is 2.21. The third-order valence-corrected chi connectivity index (χ3v) is 3.13. The average Bonchev–Trinajstić information content (AvgIpc) is 2.76. The number of imidazole rings is 1. The summed E-state index contributed by atoms with van der Waals surface area (Å²) in [6.45, 7) is 10.0. The highest BCUT2D eigenvalue weighted by molar-refractivity contribution is 5.81. The van der Waals surface area contributed by atoms with Gasteiger partial charge in [-0.1, -0.05) is 20.8 Å². The number of nitrogens with one attached hydrogen (secondary N) is 1. The highest BCUT2D eigenvalue weighted by atomic mass is 16.2. The van der Waals surface area contributed by atoms with Gasteiger partial charge in [0, 0.05) is 35.6 Å². The Labute approximate surface area is 113 Å². The Morgan fingerprint density at radius 2 is 2.05 bits per heavy atom. The Hall–Kier alpha value is -1.91. The molecule has 1 N–H and O–H groups in total. The molecule has 0 atom stereocenters. The molecule has 2 aromatic heterocycles. The summed E-state index contributed by atoms with van der Waals surface area (Å²) in [4.78, 5) is 20.8. The van der Waals surface area contributed by atoms with Crippen LogP contribution < -0.4 is 5.32 Å². The minimum Gasteiger partial charge on any atom is -0.351 e. The number of carbonyl (C=O) groups excluding carboxylic acids is 1. The number of rotatable bonds is 2. The molecule has 102 valence electrons. The fraction of sp³-hybridized carbons (Fsp3) is 0.500. The third kappa shape index (κ3) is 2.59. The van der Waals surface area contributed by atoms with Crippen LogP contribution in [0.4, 0.5) is 0 Å². The van der Waals surface area contributed by atoms with Crippen molar-refractivity contribution in [2.24, 2.45) is 5.41 Å². The maximum atomic E-state index is 11.9. The van der Waals surface area contributed by atoms with Crippen molar-refractivity contribution in [1.82, 2.24) is 19.7 Å². The summed E-state index contributed by atoms with van der Waals surface area (Å²) in [6, 6.07) is 0. The summed E-state index contributed by atoms with van der Waals surface area (Å²) < 4.78 is 1.94. The Balaban J connectivity index is 2.31. The number of aromatic nitrogens is 3. The van der Waals surface area contributed by atoms with Crippen LogP contribution in [0, 0.1) is 19.3 Å². The molecule has 0 aromatic carbocycles. The lowest BCUT2D eigenvalue weighted by molar-refractivity contribution is -0.128. The van der Waals surface area contributed by atoms with Crippen LogP contribution >= 0.6 is 0 Å². The van der Waals surface area contributed by atoms with Crippen molar-refractivity contribution < 1.29 is 4.79 Å². The number of fused-ring (bicyclic) bond motifs is 1. The Bertz CT molecular complexity index is 622. The molecule has 0 fully saturated rings. The van der Waals surface area contributed by atoms with Crippen LogP contribution in [0.3, 0.4) is 0 Å². The van der Waals surface area contributed by atoms with Gasteiger partial charge in [-0.2, -0.15) is 0 Å². The van der Waals surface area contributed by atoms with Gasteiger partial charge in [0.2, 0.25) is 5.91 Å². The topological polar surface area (TPSA) is 59.3 Å². The molecular weight excluding hydrogens is 240 g/mol. The molecule has 0 radical (unpaired) electrons. The van der Waals surface area contributed by atoms with Gasteiger partial charge in [0.1, 0.15) is 11.5 Å². The Morgan fingerprint density at radius 3 is 2.68 bits per heavy atom. The molecule has 0 unspecified atom stereocenters. The number of hydrogen-bond acceptors (Lipinski definition) is 3. The summed E-state index contributed by atoms with van der Waals surface area (Å²) in [5.74, 6) is 0.924. The molecule has 5 nitrogen and oxygen atoms in total. The van der Waals surface area contributed by atoms with Gasteiger partial charge in [-0.15, -0.1) is 0 Å². The number of aryl methyl sites for hydroxylation is 2. The predicted molar refractivity (Wildman–Crippen MR) is 73.8 cm³/mol. The molecule has 19 heavy (non-hydrogen) atoms. The van der Waals surface area contributed by atoms with Crippen molar-refractivity contribution in [1.29, 1.82) is 0 Å². The van der Waals surface area contributed by atoms with Gasteiger partial charge in [0.05, 0.1) is 0 Å². The standard InChI is InChI=1S/C14H20N4O/c1-9-11(8-16-13(19)14(3,4)5)12-15-6-7-18(12)10(2)17-9/h6-7H,8H2,1-5H3,(H,16,19). The van der Waals surface area contributed by atoms with E-state index in [4.69, 9.17) is 0 Å². The van der Waals surface area contributed by atoms with E-state index in [1.165, 1.54) is 0 Å². The zero-order valence-corrected chi connectivity index (χ0v) is 12.1. The number of carbonyl (C=O) groups is 1. The molecule has 2 rings (SSSR count). The smallest absolute Gasteiger partial charge is 0.225 e. The first-order valence-corrected chi connectivity index (χ1v) is 6.38. The van der Waals surface area contributed by atoms with Gasteiger partial charge in [-0.3, -0.25) is 9.20 Å². The van der Waals surface area contributed by atoms with Crippen LogP contribution in [-0.4, -0.2) is 20.3 Å². The molecule has 0 aliphatic rings. The first-order valence-electron chi connectivity index (χ1n) is 6.38. The van der Waals surface area contributed by atoms with Crippen molar-refractivity contribution in [3.05, 3.63) is 29.5 Å². The lowest BCUT2D eigenvalue weighted by atomic mass is 9.95. The molecule has 0 aliphatic carbocycles. The number of amides is 1. The molecule has 2 aromatic rings. The second-order valence-electron chi connectivity index (χ2n) is 5.78. The van der Waals surface area contributed by atoms with Crippen LogP contribution in [0.2, 0.25) is 0 Å². The highest BCUT2D eigenvalue weighted by Crippen LogP contribution is 2.16.